The first-order valence-corrected chi connectivity index (χ1v) is 7.48. The summed E-state index contributed by atoms with van der Waals surface area (Å²) in [6.07, 6.45) is 2.61. The summed E-state index contributed by atoms with van der Waals surface area (Å²) in [7, 11) is 0.840. The van der Waals surface area contributed by atoms with E-state index in [4.69, 9.17) is 10.00 Å². The highest BCUT2D eigenvalue weighted by molar-refractivity contribution is 7.84. The lowest BCUT2D eigenvalue weighted by atomic mass is 10.1. The molecule has 0 heterocycles. The largest absolute Gasteiger partial charge is 0.495 e. The lowest BCUT2D eigenvalue weighted by molar-refractivity contribution is 0.412. The number of benzene rings is 1. The Kier molecular flexibility index (Phi) is 6.40. The van der Waals surface area contributed by atoms with Crippen LogP contribution in [0, 0.1) is 11.3 Å². The van der Waals surface area contributed by atoms with E-state index in [9.17, 15) is 4.21 Å². The van der Waals surface area contributed by atoms with E-state index in [2.05, 4.69) is 11.4 Å². The van der Waals surface area contributed by atoms with Crippen molar-refractivity contribution >= 4 is 10.8 Å². The molecule has 1 aromatic carbocycles. The number of methoxy groups -OCH3 is 1. The van der Waals surface area contributed by atoms with Crippen LogP contribution in [-0.2, 0) is 17.3 Å². The molecule has 0 aromatic heterocycles. The molecule has 0 bridgehead atoms. The third-order valence-corrected chi connectivity index (χ3v) is 3.36. The van der Waals surface area contributed by atoms with Gasteiger partial charge in [-0.15, -0.1) is 0 Å². The van der Waals surface area contributed by atoms with E-state index in [1.807, 2.05) is 12.1 Å². The molecule has 1 unspecified atom stereocenters. The van der Waals surface area contributed by atoms with Gasteiger partial charge in [0.15, 0.2) is 0 Å². The van der Waals surface area contributed by atoms with Crippen molar-refractivity contribution in [1.29, 1.82) is 5.26 Å². The highest BCUT2D eigenvalue weighted by atomic mass is 32.2. The van der Waals surface area contributed by atoms with E-state index >= 15 is 0 Å². The molecule has 0 radical (unpaired) electrons. The van der Waals surface area contributed by atoms with Gasteiger partial charge in [-0.05, 0) is 30.7 Å². The maximum absolute atomic E-state index is 10.9. The standard InChI is InChI=1S/C13H18N2O2S/c1-17-13-8-11(4-5-12(13)9-14)10-15-6-3-7-18(2)16/h4-5,8,15H,3,6-7,10H2,1-2H3. The van der Waals surface area contributed by atoms with Gasteiger partial charge in [-0.1, -0.05) is 6.07 Å². The Bertz CT molecular complexity index is 455. The monoisotopic (exact) mass is 266 g/mol. The molecule has 0 amide bonds. The number of nitriles is 1. The molecule has 0 saturated heterocycles. The van der Waals surface area contributed by atoms with E-state index < -0.39 is 10.8 Å². The van der Waals surface area contributed by atoms with E-state index in [0.717, 1.165) is 30.8 Å². The molecular weight excluding hydrogens is 248 g/mol. The van der Waals surface area contributed by atoms with Crippen LogP contribution in [0.1, 0.15) is 17.5 Å². The Hall–Kier alpha value is -1.38. The second kappa shape index (κ2) is 7.85. The van der Waals surface area contributed by atoms with Crippen molar-refractivity contribution in [2.75, 3.05) is 25.7 Å². The molecule has 1 aromatic rings. The van der Waals surface area contributed by atoms with Gasteiger partial charge in [0.05, 0.1) is 12.7 Å². The van der Waals surface area contributed by atoms with Gasteiger partial charge in [-0.2, -0.15) is 5.26 Å². The SMILES string of the molecule is COc1cc(CNCCCS(C)=O)ccc1C#N. The van der Waals surface area contributed by atoms with Gasteiger partial charge in [-0.25, -0.2) is 0 Å². The lowest BCUT2D eigenvalue weighted by Gasteiger charge is -2.07. The molecule has 0 aliphatic carbocycles. The summed E-state index contributed by atoms with van der Waals surface area (Å²) in [5.41, 5.74) is 1.62. The van der Waals surface area contributed by atoms with Crippen LogP contribution in [0.25, 0.3) is 0 Å². The zero-order chi connectivity index (χ0) is 13.4. The molecule has 1 rings (SSSR count). The number of hydrogen-bond donors (Lipinski definition) is 1. The fraction of sp³-hybridized carbons (Fsp3) is 0.462. The summed E-state index contributed by atoms with van der Waals surface area (Å²) in [5, 5.41) is 12.1. The number of nitrogens with one attached hydrogen (secondary N) is 1. The first kappa shape index (κ1) is 14.7. The van der Waals surface area contributed by atoms with Crippen LogP contribution in [-0.4, -0.2) is 29.9 Å². The average Bonchev–Trinajstić information content (AvgIpc) is 2.37. The van der Waals surface area contributed by atoms with Crippen LogP contribution in [0.2, 0.25) is 0 Å². The summed E-state index contributed by atoms with van der Waals surface area (Å²) in [4.78, 5) is 0. The molecule has 5 heteroatoms. The van der Waals surface area contributed by atoms with Crippen LogP contribution < -0.4 is 10.1 Å². The first-order valence-electron chi connectivity index (χ1n) is 5.75. The van der Waals surface area contributed by atoms with Crippen LogP contribution in [0.3, 0.4) is 0 Å². The lowest BCUT2D eigenvalue weighted by Crippen LogP contribution is -2.16. The smallest absolute Gasteiger partial charge is 0.136 e. The van der Waals surface area contributed by atoms with Gasteiger partial charge < -0.3 is 10.1 Å². The average molecular weight is 266 g/mol. The van der Waals surface area contributed by atoms with Crippen molar-refractivity contribution in [3.63, 3.8) is 0 Å². The molecule has 4 nitrogen and oxygen atoms in total. The van der Waals surface area contributed by atoms with Crippen molar-refractivity contribution in [3.05, 3.63) is 29.3 Å². The van der Waals surface area contributed by atoms with Crippen LogP contribution in [0.15, 0.2) is 18.2 Å². The number of nitrogens with zero attached hydrogens (tertiary/aromatic N) is 1. The van der Waals surface area contributed by atoms with Crippen molar-refractivity contribution in [1.82, 2.24) is 5.32 Å². The summed E-state index contributed by atoms with van der Waals surface area (Å²) in [5.74, 6) is 1.33. The van der Waals surface area contributed by atoms with Crippen LogP contribution in [0.5, 0.6) is 5.75 Å². The van der Waals surface area contributed by atoms with Crippen molar-refractivity contribution < 1.29 is 8.95 Å². The minimum atomic E-state index is -0.719. The Morgan fingerprint density at radius 1 is 1.50 bits per heavy atom. The zero-order valence-electron chi connectivity index (χ0n) is 10.7. The summed E-state index contributed by atoms with van der Waals surface area (Å²) in [6.45, 7) is 1.56. The number of hydrogen-bond acceptors (Lipinski definition) is 4. The Balaban J connectivity index is 2.43. The third kappa shape index (κ3) is 4.86. The predicted octanol–water partition coefficient (Wildman–Crippen LogP) is 1.43. The fourth-order valence-corrected chi connectivity index (χ4v) is 2.12. The summed E-state index contributed by atoms with van der Waals surface area (Å²) in [6, 6.07) is 7.62. The van der Waals surface area contributed by atoms with Gasteiger partial charge in [-0.3, -0.25) is 4.21 Å². The van der Waals surface area contributed by atoms with Crippen LogP contribution >= 0.6 is 0 Å². The normalized spacial score (nSPS) is 11.8. The molecule has 0 aliphatic rings. The van der Waals surface area contributed by atoms with Gasteiger partial charge >= 0.3 is 0 Å². The molecule has 18 heavy (non-hydrogen) atoms. The highest BCUT2D eigenvalue weighted by Crippen LogP contribution is 2.18. The predicted molar refractivity (Wildman–Crippen MR) is 73.0 cm³/mol. The minimum absolute atomic E-state index is 0.544. The van der Waals surface area contributed by atoms with Crippen LogP contribution in [0.4, 0.5) is 0 Å². The maximum Gasteiger partial charge on any atom is 0.136 e. The fourth-order valence-electron chi connectivity index (χ4n) is 1.57. The molecule has 98 valence electrons. The maximum atomic E-state index is 10.9. The molecule has 0 fully saturated rings. The van der Waals surface area contributed by atoms with E-state index in [1.165, 1.54) is 0 Å². The minimum Gasteiger partial charge on any atom is -0.495 e. The second-order valence-electron chi connectivity index (χ2n) is 3.95. The van der Waals surface area contributed by atoms with Crippen molar-refractivity contribution in [3.8, 4) is 11.8 Å². The van der Waals surface area contributed by atoms with Gasteiger partial charge in [0, 0.05) is 29.4 Å². The van der Waals surface area contributed by atoms with Gasteiger partial charge in [0.25, 0.3) is 0 Å². The topological polar surface area (TPSA) is 62.1 Å². The molecule has 0 spiro atoms. The molecular formula is C13H18N2O2S. The Morgan fingerprint density at radius 3 is 2.89 bits per heavy atom. The highest BCUT2D eigenvalue weighted by Gasteiger charge is 2.03. The number of rotatable bonds is 7. The molecule has 0 aliphatic heterocycles. The zero-order valence-corrected chi connectivity index (χ0v) is 11.5. The molecule has 1 N–H and O–H groups in total. The first-order chi connectivity index (χ1) is 8.67. The van der Waals surface area contributed by atoms with Crippen molar-refractivity contribution in [2.45, 2.75) is 13.0 Å². The van der Waals surface area contributed by atoms with Crippen molar-refractivity contribution in [2.24, 2.45) is 0 Å². The number of ether oxygens (including phenoxy) is 1. The third-order valence-electron chi connectivity index (χ3n) is 2.50. The molecule has 1 atom stereocenters. The van der Waals surface area contributed by atoms with E-state index in [0.29, 0.717) is 11.3 Å². The quantitative estimate of drug-likeness (QED) is 0.758. The van der Waals surface area contributed by atoms with E-state index in [-0.39, 0.29) is 0 Å². The Morgan fingerprint density at radius 2 is 2.28 bits per heavy atom. The summed E-state index contributed by atoms with van der Waals surface area (Å²) >= 11 is 0. The van der Waals surface area contributed by atoms with Gasteiger partial charge in [0.2, 0.25) is 0 Å². The second-order valence-corrected chi connectivity index (χ2v) is 5.51. The van der Waals surface area contributed by atoms with E-state index in [1.54, 1.807) is 19.4 Å². The summed E-state index contributed by atoms with van der Waals surface area (Å²) < 4.78 is 16.0. The Labute approximate surface area is 110 Å². The molecule has 0 saturated carbocycles. The van der Waals surface area contributed by atoms with Gasteiger partial charge in [0.1, 0.15) is 11.8 Å².